The average Bonchev–Trinajstić information content (AvgIpc) is 3.28. The first-order valence-electron chi connectivity index (χ1n) is 12.5. The van der Waals surface area contributed by atoms with Crippen molar-refractivity contribution in [2.45, 2.75) is 62.9 Å². The van der Waals surface area contributed by atoms with Crippen molar-refractivity contribution in [3.8, 4) is 0 Å². The molecule has 1 aromatic carbocycles. The van der Waals surface area contributed by atoms with Crippen molar-refractivity contribution in [3.05, 3.63) is 35.9 Å². The Hall–Kier alpha value is -1.59. The summed E-state index contributed by atoms with van der Waals surface area (Å²) in [4.78, 5) is 20.2. The second-order valence-electron chi connectivity index (χ2n) is 10.5. The lowest BCUT2D eigenvalue weighted by atomic mass is 9.91. The Bertz CT molecular complexity index is 750. The number of rotatable bonds is 6. The fourth-order valence-corrected chi connectivity index (χ4v) is 6.85. The van der Waals surface area contributed by atoms with Crippen LogP contribution in [0.1, 0.15) is 50.5 Å². The van der Waals surface area contributed by atoms with Gasteiger partial charge >= 0.3 is 6.03 Å². The monoisotopic (exact) mass is 425 g/mol. The highest BCUT2D eigenvalue weighted by molar-refractivity contribution is 5.78. The van der Waals surface area contributed by atoms with Crippen molar-refractivity contribution in [1.29, 1.82) is 0 Å². The van der Waals surface area contributed by atoms with E-state index in [-0.39, 0.29) is 11.6 Å². The highest BCUT2D eigenvalue weighted by atomic mass is 16.5. The lowest BCUT2D eigenvalue weighted by molar-refractivity contribution is 0.0575. The second-order valence-corrected chi connectivity index (χ2v) is 10.5. The number of nitrogens with zero attached hydrogens (tertiary/aromatic N) is 3. The second kappa shape index (κ2) is 9.11. The number of likely N-dealkylation sites (tertiary alicyclic amines) is 1. The van der Waals surface area contributed by atoms with E-state index < -0.39 is 0 Å². The van der Waals surface area contributed by atoms with Crippen molar-refractivity contribution in [2.75, 3.05) is 46.4 Å². The van der Waals surface area contributed by atoms with Crippen LogP contribution in [-0.2, 0) is 11.2 Å². The number of ether oxygens (including phenoxy) is 1. The SMILES string of the molecule is CN1C(=O)N(CC2CCOCC2)CC12CC1CCCN(CCCc3ccccc3)C1C2. The van der Waals surface area contributed by atoms with Gasteiger partial charge in [0, 0.05) is 39.4 Å². The van der Waals surface area contributed by atoms with Crippen LogP contribution in [0.25, 0.3) is 0 Å². The van der Waals surface area contributed by atoms with Gasteiger partial charge in [-0.25, -0.2) is 4.79 Å². The smallest absolute Gasteiger partial charge is 0.320 e. The number of carbonyl (C=O) groups is 1. The maximum absolute atomic E-state index is 13.2. The van der Waals surface area contributed by atoms with E-state index >= 15 is 0 Å². The Kier molecular flexibility index (Phi) is 6.25. The van der Waals surface area contributed by atoms with Gasteiger partial charge in [0.05, 0.1) is 5.54 Å². The van der Waals surface area contributed by atoms with E-state index in [1.54, 1.807) is 0 Å². The summed E-state index contributed by atoms with van der Waals surface area (Å²) < 4.78 is 5.52. The van der Waals surface area contributed by atoms with Gasteiger partial charge in [-0.3, -0.25) is 0 Å². The predicted octanol–water partition coefficient (Wildman–Crippen LogP) is 4.03. The normalized spacial score (nSPS) is 32.2. The molecule has 3 saturated heterocycles. The quantitative estimate of drug-likeness (QED) is 0.690. The Morgan fingerprint density at radius 1 is 1.10 bits per heavy atom. The third kappa shape index (κ3) is 4.36. The van der Waals surface area contributed by atoms with E-state index in [2.05, 4.69) is 52.1 Å². The van der Waals surface area contributed by atoms with E-state index in [1.807, 2.05) is 0 Å². The van der Waals surface area contributed by atoms with E-state index in [0.29, 0.717) is 12.0 Å². The standard InChI is InChI=1S/C26H39N3O2/c1-27-25(30)29(19-22-11-15-31-16-12-22)20-26(27)17-23-10-6-14-28(24(23)18-26)13-5-9-21-7-3-2-4-8-21/h2-4,7-8,22-24H,5-6,9-20H2,1H3. The van der Waals surface area contributed by atoms with Crippen LogP contribution in [0.4, 0.5) is 4.79 Å². The fraction of sp³-hybridized carbons (Fsp3) is 0.731. The molecule has 3 unspecified atom stereocenters. The van der Waals surface area contributed by atoms with Crippen molar-refractivity contribution < 1.29 is 9.53 Å². The molecule has 3 aliphatic heterocycles. The Morgan fingerprint density at radius 3 is 2.71 bits per heavy atom. The number of aryl methyl sites for hydroxylation is 1. The molecule has 1 spiro atoms. The maximum atomic E-state index is 13.2. The number of fused-ring (bicyclic) bond motifs is 1. The van der Waals surface area contributed by atoms with Crippen LogP contribution in [0, 0.1) is 11.8 Å². The van der Waals surface area contributed by atoms with Crippen molar-refractivity contribution >= 4 is 6.03 Å². The molecule has 0 aromatic heterocycles. The first-order chi connectivity index (χ1) is 15.1. The average molecular weight is 426 g/mol. The summed E-state index contributed by atoms with van der Waals surface area (Å²) in [5, 5.41) is 0. The predicted molar refractivity (Wildman–Crippen MR) is 123 cm³/mol. The van der Waals surface area contributed by atoms with Gasteiger partial charge in [0.2, 0.25) is 0 Å². The molecular weight excluding hydrogens is 386 g/mol. The Morgan fingerprint density at radius 2 is 1.90 bits per heavy atom. The minimum atomic E-state index is 0.0552. The van der Waals surface area contributed by atoms with Gasteiger partial charge in [-0.15, -0.1) is 0 Å². The van der Waals surface area contributed by atoms with Crippen LogP contribution in [0.15, 0.2) is 30.3 Å². The molecule has 3 atom stereocenters. The van der Waals surface area contributed by atoms with E-state index in [1.165, 1.54) is 44.3 Å². The zero-order chi connectivity index (χ0) is 21.3. The molecule has 31 heavy (non-hydrogen) atoms. The first-order valence-corrected chi connectivity index (χ1v) is 12.5. The van der Waals surface area contributed by atoms with Crippen LogP contribution in [-0.4, -0.2) is 78.8 Å². The van der Waals surface area contributed by atoms with Crippen LogP contribution in [0.2, 0.25) is 0 Å². The van der Waals surface area contributed by atoms with Gasteiger partial charge < -0.3 is 19.4 Å². The summed E-state index contributed by atoms with van der Waals surface area (Å²) in [6, 6.07) is 11.8. The number of urea groups is 1. The number of hydrogen-bond acceptors (Lipinski definition) is 3. The molecular formula is C26H39N3O2. The lowest BCUT2D eigenvalue weighted by Gasteiger charge is -2.38. The van der Waals surface area contributed by atoms with E-state index in [9.17, 15) is 4.79 Å². The topological polar surface area (TPSA) is 36.0 Å². The molecule has 5 nitrogen and oxygen atoms in total. The van der Waals surface area contributed by atoms with Gasteiger partial charge in [0.15, 0.2) is 0 Å². The number of likely N-dealkylation sites (N-methyl/N-ethyl adjacent to an activating group) is 1. The number of carbonyl (C=O) groups excluding carboxylic acids is 1. The Balaban J connectivity index is 1.21. The maximum Gasteiger partial charge on any atom is 0.320 e. The molecule has 5 heteroatoms. The van der Waals surface area contributed by atoms with E-state index in [4.69, 9.17) is 4.74 Å². The highest BCUT2D eigenvalue weighted by Gasteiger charge is 2.56. The summed E-state index contributed by atoms with van der Waals surface area (Å²) >= 11 is 0. The van der Waals surface area contributed by atoms with Gasteiger partial charge in [-0.1, -0.05) is 30.3 Å². The van der Waals surface area contributed by atoms with Crippen molar-refractivity contribution in [2.24, 2.45) is 11.8 Å². The molecule has 5 rings (SSSR count). The van der Waals surface area contributed by atoms with Gasteiger partial charge in [0.25, 0.3) is 0 Å². The van der Waals surface area contributed by atoms with Crippen LogP contribution >= 0.6 is 0 Å². The molecule has 2 amide bonds. The largest absolute Gasteiger partial charge is 0.381 e. The van der Waals surface area contributed by atoms with Crippen molar-refractivity contribution in [3.63, 3.8) is 0 Å². The van der Waals surface area contributed by atoms with Crippen LogP contribution in [0.3, 0.4) is 0 Å². The van der Waals surface area contributed by atoms with E-state index in [0.717, 1.165) is 57.9 Å². The minimum absolute atomic E-state index is 0.0552. The fourth-order valence-electron chi connectivity index (χ4n) is 6.85. The number of hydrogen-bond donors (Lipinski definition) is 0. The molecule has 0 N–H and O–H groups in total. The van der Waals surface area contributed by atoms with Crippen LogP contribution < -0.4 is 0 Å². The van der Waals surface area contributed by atoms with Gasteiger partial charge in [0.1, 0.15) is 0 Å². The molecule has 1 saturated carbocycles. The zero-order valence-corrected chi connectivity index (χ0v) is 19.2. The first kappa shape index (κ1) is 21.3. The molecule has 4 aliphatic rings. The number of amides is 2. The molecule has 3 heterocycles. The summed E-state index contributed by atoms with van der Waals surface area (Å²) in [6.45, 7) is 5.99. The zero-order valence-electron chi connectivity index (χ0n) is 19.2. The summed E-state index contributed by atoms with van der Waals surface area (Å²) in [5.41, 5.74) is 1.50. The third-order valence-corrected chi connectivity index (χ3v) is 8.59. The van der Waals surface area contributed by atoms with Gasteiger partial charge in [-0.05, 0) is 81.9 Å². The highest BCUT2D eigenvalue weighted by Crippen LogP contribution is 2.48. The van der Waals surface area contributed by atoms with Gasteiger partial charge in [-0.2, -0.15) is 0 Å². The lowest BCUT2D eigenvalue weighted by Crippen LogP contribution is -2.46. The summed E-state index contributed by atoms with van der Waals surface area (Å²) in [5.74, 6) is 1.36. The summed E-state index contributed by atoms with van der Waals surface area (Å²) in [6.07, 6.45) is 9.59. The molecule has 170 valence electrons. The molecule has 1 aliphatic carbocycles. The molecule has 4 fully saturated rings. The van der Waals surface area contributed by atoms with Crippen LogP contribution in [0.5, 0.6) is 0 Å². The molecule has 0 bridgehead atoms. The molecule has 1 aromatic rings. The number of piperidine rings is 1. The third-order valence-electron chi connectivity index (χ3n) is 8.59. The molecule has 0 radical (unpaired) electrons. The minimum Gasteiger partial charge on any atom is -0.381 e. The van der Waals surface area contributed by atoms with Crippen molar-refractivity contribution in [1.82, 2.24) is 14.7 Å². The summed E-state index contributed by atoms with van der Waals surface area (Å²) in [7, 11) is 2.07. The number of benzene rings is 1. The Labute approximate surface area is 187 Å².